The van der Waals surface area contributed by atoms with Gasteiger partial charge in [0.15, 0.2) is 9.37 Å². The third-order valence-electron chi connectivity index (χ3n) is 3.28. The molecule has 0 saturated carbocycles. The van der Waals surface area contributed by atoms with Crippen LogP contribution in [0.25, 0.3) is 0 Å². The van der Waals surface area contributed by atoms with Crippen molar-refractivity contribution in [1.29, 1.82) is 0 Å². The highest BCUT2D eigenvalue weighted by Crippen LogP contribution is 2.23. The summed E-state index contributed by atoms with van der Waals surface area (Å²) >= 11 is 18.1. The summed E-state index contributed by atoms with van der Waals surface area (Å²) in [6.45, 7) is 1.41. The molecule has 1 unspecified atom stereocenters. The van der Waals surface area contributed by atoms with Gasteiger partial charge >= 0.3 is 0 Å². The second-order valence-corrected chi connectivity index (χ2v) is 7.77. The molecule has 1 heterocycles. The monoisotopic (exact) mass is 444 g/mol. The van der Waals surface area contributed by atoms with Crippen molar-refractivity contribution >= 4 is 52.4 Å². The first-order valence-corrected chi connectivity index (χ1v) is 8.89. The van der Waals surface area contributed by atoms with E-state index in [0.717, 1.165) is 0 Å². The number of guanidine groups is 1. The Labute approximate surface area is 175 Å². The van der Waals surface area contributed by atoms with Gasteiger partial charge in [-0.05, 0) is 43.3 Å². The minimum atomic E-state index is -1.55. The molecule has 0 radical (unpaired) electrons. The number of carbonyl (C=O) groups is 1. The molecular formula is C16H15Cl3N6O3. The van der Waals surface area contributed by atoms with Crippen LogP contribution in [0.3, 0.4) is 0 Å². The number of nitrogens with one attached hydrogen (secondary N) is 3. The fourth-order valence-corrected chi connectivity index (χ4v) is 2.33. The van der Waals surface area contributed by atoms with Crippen LogP contribution in [0.1, 0.15) is 17.3 Å². The highest BCUT2D eigenvalue weighted by molar-refractivity contribution is 6.48. The standard InChI is InChI=1S/C16H15Cl3N6O3/c1-16(18,19)14(22-13(26)10-4-6-11(17)7-5-10)23-15(24-25(27)28)21-12-3-2-8-20-9-12/h2-9,14H,1H3,(H,22,26)(H2,21,23,24). The second kappa shape index (κ2) is 9.54. The number of benzene rings is 1. The van der Waals surface area contributed by atoms with Crippen molar-refractivity contribution in [2.24, 2.45) is 5.10 Å². The Morgan fingerprint density at radius 3 is 2.46 bits per heavy atom. The van der Waals surface area contributed by atoms with Gasteiger partial charge in [0, 0.05) is 16.8 Å². The zero-order chi connectivity index (χ0) is 20.7. The van der Waals surface area contributed by atoms with Gasteiger partial charge in [-0.25, -0.2) is 10.1 Å². The van der Waals surface area contributed by atoms with Gasteiger partial charge < -0.3 is 16.0 Å². The molecule has 2 rings (SSSR count). The molecule has 0 spiro atoms. The lowest BCUT2D eigenvalue weighted by molar-refractivity contribution is -0.485. The number of anilines is 1. The summed E-state index contributed by atoms with van der Waals surface area (Å²) in [6, 6.07) is 9.35. The number of hydrazone groups is 1. The minimum absolute atomic E-state index is 0.293. The molecule has 1 aromatic carbocycles. The third-order valence-corrected chi connectivity index (χ3v) is 3.96. The molecule has 9 nitrogen and oxygen atoms in total. The Morgan fingerprint density at radius 1 is 1.25 bits per heavy atom. The number of aromatic nitrogens is 1. The normalized spacial score (nSPS) is 12.8. The number of carbonyl (C=O) groups excluding carboxylic acids is 1. The third kappa shape index (κ3) is 6.84. The van der Waals surface area contributed by atoms with Crippen molar-refractivity contribution in [2.75, 3.05) is 5.32 Å². The Balaban J connectivity index is 2.21. The number of amides is 1. The van der Waals surface area contributed by atoms with Gasteiger partial charge in [-0.3, -0.25) is 9.78 Å². The van der Waals surface area contributed by atoms with Crippen LogP contribution in [-0.4, -0.2) is 32.4 Å². The highest BCUT2D eigenvalue weighted by Gasteiger charge is 2.33. The number of rotatable bonds is 6. The quantitative estimate of drug-likeness (QED) is 0.157. The van der Waals surface area contributed by atoms with Gasteiger partial charge in [0.2, 0.25) is 0 Å². The second-order valence-electron chi connectivity index (χ2n) is 5.57. The van der Waals surface area contributed by atoms with Crippen molar-refractivity contribution in [2.45, 2.75) is 17.4 Å². The Morgan fingerprint density at radius 2 is 1.93 bits per heavy atom. The van der Waals surface area contributed by atoms with Gasteiger partial charge in [-0.15, -0.1) is 0 Å². The summed E-state index contributed by atoms with van der Waals surface area (Å²) in [6.07, 6.45) is 1.83. The molecule has 0 aliphatic carbocycles. The van der Waals surface area contributed by atoms with E-state index in [0.29, 0.717) is 16.3 Å². The Bertz CT molecular complexity index is 856. The van der Waals surface area contributed by atoms with Crippen LogP contribution >= 0.6 is 34.8 Å². The van der Waals surface area contributed by atoms with E-state index in [4.69, 9.17) is 34.8 Å². The van der Waals surface area contributed by atoms with Crippen LogP contribution in [0.15, 0.2) is 53.9 Å². The summed E-state index contributed by atoms with van der Waals surface area (Å²) < 4.78 is -1.55. The summed E-state index contributed by atoms with van der Waals surface area (Å²) in [4.78, 5) is 27.2. The summed E-state index contributed by atoms with van der Waals surface area (Å²) in [5.74, 6) is -0.824. The average molecular weight is 446 g/mol. The molecule has 0 aliphatic heterocycles. The molecule has 148 valence electrons. The van der Waals surface area contributed by atoms with E-state index in [1.54, 1.807) is 24.3 Å². The van der Waals surface area contributed by atoms with Crippen LogP contribution < -0.4 is 16.0 Å². The number of halogens is 3. The molecule has 0 bridgehead atoms. The number of nitrogens with zero attached hydrogens (tertiary/aromatic N) is 3. The highest BCUT2D eigenvalue weighted by atomic mass is 35.5. The van der Waals surface area contributed by atoms with Crippen LogP contribution in [-0.2, 0) is 0 Å². The first-order valence-electron chi connectivity index (χ1n) is 7.76. The molecule has 1 amide bonds. The van der Waals surface area contributed by atoms with Crippen LogP contribution in [0.4, 0.5) is 5.69 Å². The molecule has 12 heteroatoms. The Hall–Kier alpha value is -2.62. The van der Waals surface area contributed by atoms with Gasteiger partial charge in [0.05, 0.1) is 11.9 Å². The molecular weight excluding hydrogens is 431 g/mol. The summed E-state index contributed by atoms with van der Waals surface area (Å²) in [7, 11) is 0. The van der Waals surface area contributed by atoms with E-state index in [1.165, 1.54) is 31.5 Å². The molecule has 0 fully saturated rings. The van der Waals surface area contributed by atoms with Gasteiger partial charge in [-0.1, -0.05) is 34.8 Å². The first kappa shape index (κ1) is 21.7. The lowest BCUT2D eigenvalue weighted by Crippen LogP contribution is -2.57. The smallest absolute Gasteiger partial charge is 0.274 e. The largest absolute Gasteiger partial charge is 0.329 e. The summed E-state index contributed by atoms with van der Waals surface area (Å²) in [5.41, 5.74) is 0.714. The first-order chi connectivity index (χ1) is 13.1. The predicted molar refractivity (Wildman–Crippen MR) is 108 cm³/mol. The maximum absolute atomic E-state index is 12.5. The fourth-order valence-electron chi connectivity index (χ4n) is 1.99. The Kier molecular flexibility index (Phi) is 7.38. The molecule has 1 atom stereocenters. The van der Waals surface area contributed by atoms with E-state index in [2.05, 4.69) is 26.0 Å². The van der Waals surface area contributed by atoms with Gasteiger partial charge in [0.25, 0.3) is 11.9 Å². The van der Waals surface area contributed by atoms with Crippen molar-refractivity contribution in [3.8, 4) is 0 Å². The predicted octanol–water partition coefficient (Wildman–Crippen LogP) is 3.23. The lowest BCUT2D eigenvalue weighted by Gasteiger charge is -2.29. The van der Waals surface area contributed by atoms with Gasteiger partial charge in [0.1, 0.15) is 11.3 Å². The van der Waals surface area contributed by atoms with Crippen molar-refractivity contribution < 1.29 is 9.83 Å². The van der Waals surface area contributed by atoms with E-state index >= 15 is 0 Å². The molecule has 28 heavy (non-hydrogen) atoms. The minimum Gasteiger partial charge on any atom is -0.329 e. The van der Waals surface area contributed by atoms with Crippen molar-refractivity contribution in [3.05, 3.63) is 69.5 Å². The van der Waals surface area contributed by atoms with E-state index in [9.17, 15) is 14.9 Å². The van der Waals surface area contributed by atoms with Crippen molar-refractivity contribution in [1.82, 2.24) is 15.6 Å². The topological polar surface area (TPSA) is 122 Å². The van der Waals surface area contributed by atoms with Crippen molar-refractivity contribution in [3.63, 3.8) is 0 Å². The van der Waals surface area contributed by atoms with E-state index in [1.807, 2.05) is 0 Å². The number of nitro groups is 1. The molecule has 0 saturated heterocycles. The summed E-state index contributed by atoms with van der Waals surface area (Å²) in [5, 5.41) is 21.5. The van der Waals surface area contributed by atoms with E-state index in [-0.39, 0.29) is 5.96 Å². The molecule has 1 aromatic heterocycles. The van der Waals surface area contributed by atoms with Gasteiger partial charge in [-0.2, -0.15) is 0 Å². The number of pyridine rings is 1. The van der Waals surface area contributed by atoms with E-state index < -0.39 is 21.4 Å². The maximum atomic E-state index is 12.5. The van der Waals surface area contributed by atoms with Crippen LogP contribution in [0.5, 0.6) is 0 Å². The molecule has 0 aliphatic rings. The zero-order valence-electron chi connectivity index (χ0n) is 14.4. The molecule has 3 N–H and O–H groups in total. The lowest BCUT2D eigenvalue weighted by atomic mass is 10.2. The SMILES string of the molecule is CC(Cl)(Cl)C(NC(=O)c1ccc(Cl)cc1)NC(=N[N+](=O)[O-])Nc1cccnc1. The van der Waals surface area contributed by atoms with Crippen LogP contribution in [0.2, 0.25) is 5.02 Å². The number of hydrogen-bond acceptors (Lipinski definition) is 4. The fraction of sp³-hybridized carbons (Fsp3) is 0.188. The molecule has 2 aromatic rings. The average Bonchev–Trinajstić information content (AvgIpc) is 2.61. The maximum Gasteiger partial charge on any atom is 0.274 e. The number of hydrogen-bond donors (Lipinski definition) is 3. The van der Waals surface area contributed by atoms with Crippen LogP contribution in [0, 0.1) is 10.1 Å². The number of alkyl halides is 2. The zero-order valence-corrected chi connectivity index (χ0v) is 16.7.